The van der Waals surface area contributed by atoms with Crippen molar-refractivity contribution in [3.05, 3.63) is 22.2 Å². The van der Waals surface area contributed by atoms with Gasteiger partial charge in [0.1, 0.15) is 0 Å². The molecule has 0 saturated carbocycles. The molecule has 0 fully saturated rings. The van der Waals surface area contributed by atoms with Crippen LogP contribution in [0, 0.1) is 0 Å². The fourth-order valence-corrected chi connectivity index (χ4v) is 2.37. The molecule has 20 heavy (non-hydrogen) atoms. The highest BCUT2D eigenvalue weighted by Gasteiger charge is 2.17. The van der Waals surface area contributed by atoms with E-state index in [1.54, 1.807) is 6.21 Å². The number of hydrogen-bond acceptors (Lipinski definition) is 4. The van der Waals surface area contributed by atoms with Crippen LogP contribution in [-0.4, -0.2) is 24.7 Å². The van der Waals surface area contributed by atoms with Crippen molar-refractivity contribution in [3.8, 4) is 11.5 Å². The molecular weight excluding hydrogens is 342 g/mol. The Morgan fingerprint density at radius 1 is 1.50 bits per heavy atom. The number of halogens is 1. The maximum absolute atomic E-state index is 5.34. The number of benzene rings is 1. The Kier molecular flexibility index (Phi) is 5.60. The van der Waals surface area contributed by atoms with Gasteiger partial charge in [-0.2, -0.15) is 5.10 Å². The van der Waals surface area contributed by atoms with Crippen LogP contribution in [0.3, 0.4) is 0 Å². The van der Waals surface area contributed by atoms with Crippen molar-refractivity contribution in [1.29, 1.82) is 0 Å². The van der Waals surface area contributed by atoms with E-state index in [4.69, 9.17) is 21.7 Å². The third kappa shape index (κ3) is 4.08. The summed E-state index contributed by atoms with van der Waals surface area (Å²) in [5.41, 5.74) is 3.67. The maximum Gasteiger partial charge on any atom is 0.231 e. The zero-order valence-corrected chi connectivity index (χ0v) is 13.5. The Bertz CT molecular complexity index is 523. The number of unbranched alkanes of at least 4 members (excludes halogenated alkanes) is 1. The number of fused-ring (bicyclic) bond motifs is 1. The van der Waals surface area contributed by atoms with Gasteiger partial charge in [0, 0.05) is 6.54 Å². The Labute approximate surface area is 131 Å². The molecule has 0 unspecified atom stereocenters. The van der Waals surface area contributed by atoms with Crippen molar-refractivity contribution in [2.45, 2.75) is 19.8 Å². The number of ether oxygens (including phenoxy) is 2. The predicted molar refractivity (Wildman–Crippen MR) is 86.5 cm³/mol. The lowest BCUT2D eigenvalue weighted by molar-refractivity contribution is 0.173. The largest absolute Gasteiger partial charge is 0.454 e. The van der Waals surface area contributed by atoms with E-state index in [1.165, 1.54) is 0 Å². The molecule has 7 heteroatoms. The molecule has 1 heterocycles. The maximum atomic E-state index is 5.34. The average molecular weight is 358 g/mol. The van der Waals surface area contributed by atoms with E-state index < -0.39 is 0 Å². The summed E-state index contributed by atoms with van der Waals surface area (Å²) in [7, 11) is 0. The van der Waals surface area contributed by atoms with E-state index in [0.717, 1.165) is 35.2 Å². The first kappa shape index (κ1) is 15.1. The van der Waals surface area contributed by atoms with Gasteiger partial charge >= 0.3 is 0 Å². The van der Waals surface area contributed by atoms with Gasteiger partial charge in [0.15, 0.2) is 16.6 Å². The fraction of sp³-hybridized carbons (Fsp3) is 0.385. The van der Waals surface area contributed by atoms with Crippen molar-refractivity contribution >= 4 is 39.5 Å². The van der Waals surface area contributed by atoms with Crippen molar-refractivity contribution in [2.75, 3.05) is 13.3 Å². The van der Waals surface area contributed by atoms with Crippen LogP contribution < -0.4 is 20.2 Å². The zero-order valence-electron chi connectivity index (χ0n) is 11.1. The molecule has 0 bridgehead atoms. The molecule has 1 aromatic carbocycles. The van der Waals surface area contributed by atoms with Crippen LogP contribution in [0.2, 0.25) is 0 Å². The van der Waals surface area contributed by atoms with Crippen LogP contribution >= 0.6 is 28.1 Å². The molecule has 2 N–H and O–H groups in total. The summed E-state index contributed by atoms with van der Waals surface area (Å²) in [6.45, 7) is 3.24. The third-order valence-corrected chi connectivity index (χ3v) is 3.47. The first-order valence-electron chi connectivity index (χ1n) is 6.36. The summed E-state index contributed by atoms with van der Waals surface area (Å²) in [5.74, 6) is 1.44. The molecule has 0 amide bonds. The van der Waals surface area contributed by atoms with Crippen LogP contribution in [0.25, 0.3) is 0 Å². The number of rotatable bonds is 5. The van der Waals surface area contributed by atoms with E-state index in [0.29, 0.717) is 10.9 Å². The smallest absolute Gasteiger partial charge is 0.231 e. The molecule has 0 saturated heterocycles. The highest BCUT2D eigenvalue weighted by atomic mass is 79.9. The number of thiocarbonyl (C=S) groups is 1. The molecule has 1 aliphatic rings. The Balaban J connectivity index is 1.88. The minimum atomic E-state index is 0.248. The predicted octanol–water partition coefficient (Wildman–Crippen LogP) is 2.78. The second kappa shape index (κ2) is 7.44. The normalized spacial score (nSPS) is 12.7. The average Bonchev–Trinajstić information content (AvgIpc) is 2.88. The topological polar surface area (TPSA) is 54.9 Å². The lowest BCUT2D eigenvalue weighted by Gasteiger charge is -2.05. The molecule has 0 spiro atoms. The van der Waals surface area contributed by atoms with Crippen molar-refractivity contribution < 1.29 is 9.47 Å². The fourth-order valence-electron chi connectivity index (χ4n) is 1.65. The van der Waals surface area contributed by atoms with Gasteiger partial charge in [0.2, 0.25) is 6.79 Å². The van der Waals surface area contributed by atoms with E-state index in [1.807, 2.05) is 12.1 Å². The minimum Gasteiger partial charge on any atom is -0.454 e. The molecule has 1 aromatic rings. The molecule has 0 radical (unpaired) electrons. The quantitative estimate of drug-likeness (QED) is 0.367. The summed E-state index contributed by atoms with van der Waals surface area (Å²) >= 11 is 8.53. The minimum absolute atomic E-state index is 0.248. The number of nitrogens with zero attached hydrogens (tertiary/aromatic N) is 1. The number of nitrogens with one attached hydrogen (secondary N) is 2. The molecule has 108 valence electrons. The third-order valence-electron chi connectivity index (χ3n) is 2.65. The lowest BCUT2D eigenvalue weighted by atomic mass is 10.2. The van der Waals surface area contributed by atoms with Crippen molar-refractivity contribution in [2.24, 2.45) is 5.10 Å². The summed E-state index contributed by atoms with van der Waals surface area (Å²) in [5, 5.41) is 7.69. The summed E-state index contributed by atoms with van der Waals surface area (Å²) in [4.78, 5) is 0. The highest BCUT2D eigenvalue weighted by Crippen LogP contribution is 2.39. The van der Waals surface area contributed by atoms with E-state index in [9.17, 15) is 0 Å². The summed E-state index contributed by atoms with van der Waals surface area (Å²) in [6.07, 6.45) is 3.89. The van der Waals surface area contributed by atoms with Crippen molar-refractivity contribution in [3.63, 3.8) is 0 Å². The molecule has 0 aliphatic carbocycles. The van der Waals surface area contributed by atoms with E-state index in [-0.39, 0.29) is 6.79 Å². The number of hydrogen-bond donors (Lipinski definition) is 2. The zero-order chi connectivity index (χ0) is 14.4. The molecule has 1 aliphatic heterocycles. The van der Waals surface area contributed by atoms with Gasteiger partial charge in [-0.05, 0) is 52.3 Å². The number of hydrazone groups is 1. The lowest BCUT2D eigenvalue weighted by Crippen LogP contribution is -2.32. The molecule has 0 aromatic heterocycles. The van der Waals surface area contributed by atoms with Crippen LogP contribution in [0.4, 0.5) is 0 Å². The first-order valence-corrected chi connectivity index (χ1v) is 7.57. The van der Waals surface area contributed by atoms with E-state index in [2.05, 4.69) is 38.7 Å². The van der Waals surface area contributed by atoms with Crippen LogP contribution in [0.5, 0.6) is 11.5 Å². The highest BCUT2D eigenvalue weighted by molar-refractivity contribution is 9.10. The monoisotopic (exact) mass is 357 g/mol. The van der Waals surface area contributed by atoms with Gasteiger partial charge < -0.3 is 14.8 Å². The van der Waals surface area contributed by atoms with Gasteiger partial charge in [-0.25, -0.2) is 0 Å². The van der Waals surface area contributed by atoms with Gasteiger partial charge in [-0.3, -0.25) is 5.43 Å². The van der Waals surface area contributed by atoms with Gasteiger partial charge in [0.05, 0.1) is 10.7 Å². The van der Waals surface area contributed by atoms with Gasteiger partial charge in [0.25, 0.3) is 0 Å². The second-order valence-electron chi connectivity index (χ2n) is 4.22. The van der Waals surface area contributed by atoms with Gasteiger partial charge in [-0.1, -0.05) is 13.3 Å². The standard InChI is InChI=1S/C13H16BrN3O2S/c1-2-3-4-15-13(20)17-16-7-9-5-10(14)12-11(6-9)18-8-19-12/h5-7H,2-4,8H2,1H3,(H2,15,17,20)/b16-7-. The second-order valence-corrected chi connectivity index (χ2v) is 5.48. The van der Waals surface area contributed by atoms with Crippen LogP contribution in [0.15, 0.2) is 21.7 Å². The SMILES string of the molecule is CCCCNC(=S)N/N=C\c1cc(Br)c2c(c1)OCO2. The molecule has 0 atom stereocenters. The Morgan fingerprint density at radius 2 is 2.35 bits per heavy atom. The Morgan fingerprint density at radius 3 is 3.15 bits per heavy atom. The summed E-state index contributed by atoms with van der Waals surface area (Å²) in [6, 6.07) is 3.78. The summed E-state index contributed by atoms with van der Waals surface area (Å²) < 4.78 is 11.5. The molecule has 2 rings (SSSR count). The van der Waals surface area contributed by atoms with Gasteiger partial charge in [-0.15, -0.1) is 0 Å². The van der Waals surface area contributed by atoms with E-state index >= 15 is 0 Å². The molecular formula is C13H16BrN3O2S. The van der Waals surface area contributed by atoms with Crippen LogP contribution in [0.1, 0.15) is 25.3 Å². The van der Waals surface area contributed by atoms with Crippen LogP contribution in [-0.2, 0) is 0 Å². The Hall–Kier alpha value is -1.34. The molecule has 5 nitrogen and oxygen atoms in total. The first-order chi connectivity index (χ1) is 9.70. The van der Waals surface area contributed by atoms with Crippen molar-refractivity contribution in [1.82, 2.24) is 10.7 Å².